The lowest BCUT2D eigenvalue weighted by Crippen LogP contribution is -2.04. The van der Waals surface area contributed by atoms with Gasteiger partial charge in [-0.2, -0.15) is 0 Å². The molecule has 25 heavy (non-hydrogen) atoms. The van der Waals surface area contributed by atoms with Gasteiger partial charge in [0.2, 0.25) is 0 Å². The summed E-state index contributed by atoms with van der Waals surface area (Å²) in [6, 6.07) is 17.2. The number of ether oxygens (including phenoxy) is 1. The fourth-order valence-electron chi connectivity index (χ4n) is 2.76. The van der Waals surface area contributed by atoms with E-state index in [-0.39, 0.29) is 0 Å². The maximum atomic E-state index is 5.75. The molecule has 2 rings (SSSR count). The molecule has 0 bridgehead atoms. The zero-order chi connectivity index (χ0) is 17.7. The van der Waals surface area contributed by atoms with E-state index < -0.39 is 0 Å². The van der Waals surface area contributed by atoms with Crippen molar-refractivity contribution in [2.45, 2.75) is 45.6 Å². The topological polar surface area (TPSA) is 47.3 Å². The van der Waals surface area contributed by atoms with Crippen LogP contribution in [0.15, 0.2) is 48.5 Å². The van der Waals surface area contributed by atoms with Crippen molar-refractivity contribution in [1.82, 2.24) is 0 Å². The Morgan fingerprint density at radius 1 is 0.920 bits per heavy atom. The summed E-state index contributed by atoms with van der Waals surface area (Å²) in [7, 11) is 0. The number of nitrogens with two attached hydrogens (primary N) is 1. The van der Waals surface area contributed by atoms with Gasteiger partial charge in [-0.05, 0) is 68.8 Å². The summed E-state index contributed by atoms with van der Waals surface area (Å²) >= 11 is 0. The van der Waals surface area contributed by atoms with E-state index in [1.807, 2.05) is 0 Å². The molecule has 0 aromatic heterocycles. The highest BCUT2D eigenvalue weighted by molar-refractivity contribution is 5.45. The Labute approximate surface area is 152 Å². The zero-order valence-electron chi connectivity index (χ0n) is 15.5. The highest BCUT2D eigenvalue weighted by Crippen LogP contribution is 2.12. The van der Waals surface area contributed by atoms with Crippen molar-refractivity contribution in [2.24, 2.45) is 5.73 Å². The molecule has 0 heterocycles. The SMILES string of the molecule is Cc1ccc(COCCCCCNc2cccc(CCCN)c2)cc1. The van der Waals surface area contributed by atoms with Crippen molar-refractivity contribution in [1.29, 1.82) is 0 Å². The van der Waals surface area contributed by atoms with E-state index in [2.05, 4.69) is 60.8 Å². The molecular formula is C22H32N2O. The number of unbranched alkanes of at least 4 members (excludes halogenated alkanes) is 2. The first kappa shape index (κ1) is 19.5. The number of rotatable bonds is 12. The van der Waals surface area contributed by atoms with Gasteiger partial charge in [0.1, 0.15) is 0 Å². The summed E-state index contributed by atoms with van der Waals surface area (Å²) in [5.74, 6) is 0. The first-order valence-electron chi connectivity index (χ1n) is 9.44. The molecule has 0 unspecified atom stereocenters. The molecule has 3 heteroatoms. The highest BCUT2D eigenvalue weighted by Gasteiger charge is 1.97. The highest BCUT2D eigenvalue weighted by atomic mass is 16.5. The quantitative estimate of drug-likeness (QED) is 0.551. The third-order valence-corrected chi connectivity index (χ3v) is 4.28. The van der Waals surface area contributed by atoms with Crippen LogP contribution >= 0.6 is 0 Å². The molecule has 0 radical (unpaired) electrons. The van der Waals surface area contributed by atoms with Crippen molar-refractivity contribution >= 4 is 5.69 Å². The van der Waals surface area contributed by atoms with E-state index in [0.29, 0.717) is 6.61 Å². The average Bonchev–Trinajstić information content (AvgIpc) is 2.64. The van der Waals surface area contributed by atoms with Gasteiger partial charge in [-0.25, -0.2) is 0 Å². The standard InChI is InChI=1S/C22H32N2O/c1-19-10-12-21(13-11-19)18-25-16-4-2-3-15-24-22-9-5-7-20(17-22)8-6-14-23/h5,7,9-13,17,24H,2-4,6,8,14-16,18,23H2,1H3. The van der Waals surface area contributed by atoms with Gasteiger partial charge in [-0.1, -0.05) is 42.0 Å². The van der Waals surface area contributed by atoms with Gasteiger partial charge in [0.25, 0.3) is 0 Å². The lowest BCUT2D eigenvalue weighted by Gasteiger charge is -2.09. The number of anilines is 1. The van der Waals surface area contributed by atoms with Crippen molar-refractivity contribution < 1.29 is 4.74 Å². The molecule has 0 aliphatic rings. The van der Waals surface area contributed by atoms with Gasteiger partial charge >= 0.3 is 0 Å². The molecular weight excluding hydrogens is 308 g/mol. The normalized spacial score (nSPS) is 10.8. The van der Waals surface area contributed by atoms with Crippen LogP contribution in [0.25, 0.3) is 0 Å². The molecule has 3 nitrogen and oxygen atoms in total. The van der Waals surface area contributed by atoms with Crippen LogP contribution in [0.5, 0.6) is 0 Å². The predicted octanol–water partition coefficient (Wildman–Crippen LogP) is 4.69. The second kappa shape index (κ2) is 11.7. The first-order chi connectivity index (χ1) is 12.3. The minimum atomic E-state index is 0.716. The second-order valence-electron chi connectivity index (χ2n) is 6.62. The van der Waals surface area contributed by atoms with Crippen LogP contribution < -0.4 is 11.1 Å². The fourth-order valence-corrected chi connectivity index (χ4v) is 2.76. The summed E-state index contributed by atoms with van der Waals surface area (Å²) < 4.78 is 5.75. The molecule has 136 valence electrons. The number of benzene rings is 2. The van der Waals surface area contributed by atoms with Gasteiger partial charge in [-0.15, -0.1) is 0 Å². The monoisotopic (exact) mass is 340 g/mol. The largest absolute Gasteiger partial charge is 0.385 e. The van der Waals surface area contributed by atoms with E-state index in [9.17, 15) is 0 Å². The van der Waals surface area contributed by atoms with Crippen LogP contribution in [-0.2, 0) is 17.8 Å². The molecule has 0 aliphatic heterocycles. The summed E-state index contributed by atoms with van der Waals surface area (Å²) in [6.07, 6.45) is 5.58. The van der Waals surface area contributed by atoms with Crippen molar-refractivity contribution in [2.75, 3.05) is 25.0 Å². The number of nitrogens with one attached hydrogen (secondary N) is 1. The van der Waals surface area contributed by atoms with Crippen LogP contribution in [0.2, 0.25) is 0 Å². The molecule has 0 amide bonds. The van der Waals surface area contributed by atoms with Crippen LogP contribution in [0.4, 0.5) is 5.69 Å². The Kier molecular flexibility index (Phi) is 9.09. The Hall–Kier alpha value is -1.84. The second-order valence-corrected chi connectivity index (χ2v) is 6.62. The Bertz CT molecular complexity index is 595. The van der Waals surface area contributed by atoms with Crippen LogP contribution in [0, 0.1) is 6.92 Å². The van der Waals surface area contributed by atoms with E-state index in [0.717, 1.165) is 39.0 Å². The Morgan fingerprint density at radius 3 is 2.56 bits per heavy atom. The molecule has 0 saturated carbocycles. The van der Waals surface area contributed by atoms with E-state index in [1.165, 1.54) is 35.2 Å². The van der Waals surface area contributed by atoms with Gasteiger partial charge in [0, 0.05) is 18.8 Å². The number of aryl methyl sites for hydroxylation is 2. The summed E-state index contributed by atoms with van der Waals surface area (Å²) in [5.41, 5.74) is 10.7. The van der Waals surface area contributed by atoms with Gasteiger partial charge in [-0.3, -0.25) is 0 Å². The summed E-state index contributed by atoms with van der Waals surface area (Å²) in [6.45, 7) is 5.42. The van der Waals surface area contributed by atoms with Crippen LogP contribution in [0.3, 0.4) is 0 Å². The molecule has 2 aromatic rings. The van der Waals surface area contributed by atoms with Crippen LogP contribution in [0.1, 0.15) is 42.4 Å². The minimum Gasteiger partial charge on any atom is -0.385 e. The lowest BCUT2D eigenvalue weighted by molar-refractivity contribution is 0.117. The molecule has 2 aromatic carbocycles. The van der Waals surface area contributed by atoms with E-state index in [1.54, 1.807) is 0 Å². The molecule has 0 fully saturated rings. The van der Waals surface area contributed by atoms with Crippen molar-refractivity contribution in [3.05, 3.63) is 65.2 Å². The van der Waals surface area contributed by atoms with E-state index in [4.69, 9.17) is 10.5 Å². The summed E-state index contributed by atoms with van der Waals surface area (Å²) in [4.78, 5) is 0. The first-order valence-corrected chi connectivity index (χ1v) is 9.44. The molecule has 3 N–H and O–H groups in total. The number of hydrogen-bond donors (Lipinski definition) is 2. The van der Waals surface area contributed by atoms with Crippen LogP contribution in [-0.4, -0.2) is 19.7 Å². The minimum absolute atomic E-state index is 0.716. The number of hydrogen-bond acceptors (Lipinski definition) is 3. The third-order valence-electron chi connectivity index (χ3n) is 4.28. The fraction of sp³-hybridized carbons (Fsp3) is 0.455. The van der Waals surface area contributed by atoms with Gasteiger partial charge in [0.05, 0.1) is 6.61 Å². The van der Waals surface area contributed by atoms with Crippen molar-refractivity contribution in [3.63, 3.8) is 0 Å². The molecule has 0 atom stereocenters. The van der Waals surface area contributed by atoms with Gasteiger partial charge in [0.15, 0.2) is 0 Å². The summed E-state index contributed by atoms with van der Waals surface area (Å²) in [5, 5.41) is 3.51. The molecule has 0 spiro atoms. The Morgan fingerprint density at radius 2 is 1.76 bits per heavy atom. The van der Waals surface area contributed by atoms with Gasteiger partial charge < -0.3 is 15.8 Å². The predicted molar refractivity (Wildman–Crippen MR) is 107 cm³/mol. The Balaban J connectivity index is 1.51. The average molecular weight is 341 g/mol. The molecule has 0 saturated heterocycles. The zero-order valence-corrected chi connectivity index (χ0v) is 15.5. The van der Waals surface area contributed by atoms with E-state index >= 15 is 0 Å². The maximum absolute atomic E-state index is 5.75. The molecule has 0 aliphatic carbocycles. The van der Waals surface area contributed by atoms with Crippen molar-refractivity contribution in [3.8, 4) is 0 Å². The maximum Gasteiger partial charge on any atom is 0.0716 e. The smallest absolute Gasteiger partial charge is 0.0716 e. The third kappa shape index (κ3) is 8.19. The lowest BCUT2D eigenvalue weighted by atomic mass is 10.1.